The Bertz CT molecular complexity index is 1730. The number of amides is 1. The zero-order valence-corrected chi connectivity index (χ0v) is 25.8. The summed E-state index contributed by atoms with van der Waals surface area (Å²) in [5.74, 6) is -0.351. The number of piperidine rings is 1. The van der Waals surface area contributed by atoms with Crippen molar-refractivity contribution in [2.45, 2.75) is 31.5 Å². The Balaban J connectivity index is 1.23. The van der Waals surface area contributed by atoms with Crippen LogP contribution in [0.3, 0.4) is 0 Å². The average Bonchev–Trinajstić information content (AvgIpc) is 3.45. The summed E-state index contributed by atoms with van der Waals surface area (Å²) >= 11 is 0. The number of alkyl halides is 3. The molecule has 2 aliphatic rings. The second-order valence-corrected chi connectivity index (χ2v) is 11.8. The third-order valence-electron chi connectivity index (χ3n) is 8.43. The number of allylic oxidation sites excluding steroid dienone is 1. The number of hydrogen-bond donors (Lipinski definition) is 2. The summed E-state index contributed by atoms with van der Waals surface area (Å²) in [6.07, 6.45) is 0.960. The number of carbonyl (C=O) groups is 1. The molecule has 12 heteroatoms. The highest BCUT2D eigenvalue weighted by Crippen LogP contribution is 2.40. The predicted molar refractivity (Wildman–Crippen MR) is 172 cm³/mol. The molecule has 0 aliphatic carbocycles. The van der Waals surface area contributed by atoms with Crippen molar-refractivity contribution in [2.24, 2.45) is 0 Å². The Morgan fingerprint density at radius 3 is 2.53 bits per heavy atom. The lowest BCUT2D eigenvalue weighted by molar-refractivity contribution is -0.126. The number of rotatable bonds is 9. The quantitative estimate of drug-likeness (QED) is 0.135. The van der Waals surface area contributed by atoms with Gasteiger partial charge < -0.3 is 15.0 Å². The van der Waals surface area contributed by atoms with Crippen molar-refractivity contribution in [1.82, 2.24) is 30.3 Å². The molecule has 1 amide bonds. The molecule has 2 saturated heterocycles. The number of fused-ring (bicyclic) bond motifs is 1. The topological polar surface area (TPSA) is 86.4 Å². The fourth-order valence-electron chi connectivity index (χ4n) is 6.16. The number of nitrogens with zero attached hydrogens (tertiary/aromatic N) is 4. The van der Waals surface area contributed by atoms with E-state index < -0.39 is 18.5 Å². The van der Waals surface area contributed by atoms with E-state index in [4.69, 9.17) is 4.74 Å². The number of ether oxygens (including phenoxy) is 1. The Morgan fingerprint density at radius 1 is 1.00 bits per heavy atom. The molecule has 1 atom stereocenters. The van der Waals surface area contributed by atoms with Crippen molar-refractivity contribution in [1.29, 1.82) is 0 Å². The molecule has 246 valence electrons. The first kappa shape index (κ1) is 32.4. The van der Waals surface area contributed by atoms with Crippen molar-refractivity contribution in [3.63, 3.8) is 0 Å². The minimum atomic E-state index is -4.50. The van der Waals surface area contributed by atoms with Gasteiger partial charge in [0, 0.05) is 63.2 Å². The minimum absolute atomic E-state index is 0.0227. The third-order valence-corrected chi connectivity index (χ3v) is 8.43. The fourth-order valence-corrected chi connectivity index (χ4v) is 6.16. The summed E-state index contributed by atoms with van der Waals surface area (Å²) in [6, 6.07) is 16.5. The number of aromatic amines is 1. The summed E-state index contributed by atoms with van der Waals surface area (Å²) in [5, 5.41) is 9.62. The van der Waals surface area contributed by atoms with Crippen LogP contribution >= 0.6 is 0 Å². The summed E-state index contributed by atoms with van der Waals surface area (Å²) in [6.45, 7) is 5.19. The van der Waals surface area contributed by atoms with Crippen molar-refractivity contribution >= 4 is 28.0 Å². The number of H-pyrrole nitrogens is 1. The van der Waals surface area contributed by atoms with Gasteiger partial charge in [-0.1, -0.05) is 42.5 Å². The smallest absolute Gasteiger partial charge is 0.393 e. The van der Waals surface area contributed by atoms with E-state index in [0.717, 1.165) is 32.5 Å². The van der Waals surface area contributed by atoms with E-state index in [9.17, 15) is 22.4 Å². The summed E-state index contributed by atoms with van der Waals surface area (Å²) in [5.41, 5.74) is 2.02. The molecule has 2 aliphatic heterocycles. The number of pyridine rings is 1. The second-order valence-electron chi connectivity index (χ2n) is 11.8. The maximum atomic E-state index is 14.5. The van der Waals surface area contributed by atoms with Crippen LogP contribution in [-0.4, -0.2) is 89.0 Å². The molecular weight excluding hydrogens is 612 g/mol. The maximum Gasteiger partial charge on any atom is 0.393 e. The molecular formula is C35H36F4N6O2. The molecule has 6 rings (SSSR count). The maximum absolute atomic E-state index is 14.5. The van der Waals surface area contributed by atoms with Crippen LogP contribution < -0.4 is 10.1 Å². The molecule has 2 aromatic carbocycles. The molecule has 2 N–H and O–H groups in total. The van der Waals surface area contributed by atoms with Crippen LogP contribution in [0.25, 0.3) is 22.0 Å². The highest BCUT2D eigenvalue weighted by Gasteiger charge is 2.32. The van der Waals surface area contributed by atoms with Gasteiger partial charge in [-0.25, -0.2) is 4.98 Å². The Labute approximate surface area is 270 Å². The number of piperazine rings is 1. The molecule has 0 radical (unpaired) electrons. The number of aromatic nitrogens is 3. The van der Waals surface area contributed by atoms with E-state index in [1.807, 2.05) is 11.0 Å². The van der Waals surface area contributed by atoms with E-state index in [1.165, 1.54) is 12.3 Å². The van der Waals surface area contributed by atoms with Crippen LogP contribution in [0.5, 0.6) is 5.88 Å². The Morgan fingerprint density at radius 2 is 1.79 bits per heavy atom. The highest BCUT2D eigenvalue weighted by molar-refractivity contribution is 6.00. The SMILES string of the molecule is O=C(/C=C/CN1CCC[C@@H](Oc2ccc(/C(=C(/CC(F)(F)F)c3ccccc3)c3ccc4[nH]nc(F)c4c3)cn2)C1)N1CCNCC1. The molecule has 0 unspecified atom stereocenters. The predicted octanol–water partition coefficient (Wildman–Crippen LogP) is 5.84. The molecule has 2 aromatic heterocycles. The molecule has 8 nitrogen and oxygen atoms in total. The summed E-state index contributed by atoms with van der Waals surface area (Å²) < 4.78 is 62.8. The standard InChI is InChI=1S/C35H36F4N6O2/c36-34-28-20-25(10-12-30(28)42-43-34)33(29(21-35(37,38)39)24-6-2-1-3-7-24)26-11-13-31(41-22-26)47-27-8-4-16-44(23-27)17-5-9-32(46)45-18-14-40-15-19-45/h1-3,5-7,9-13,20,22,27,40H,4,8,14-19,21,23H2,(H,42,43)/b9-5+,33-29-/t27-/m1/s1. The lowest BCUT2D eigenvalue weighted by Crippen LogP contribution is -2.46. The van der Waals surface area contributed by atoms with Gasteiger partial charge in [-0.05, 0) is 59.9 Å². The Kier molecular flexibility index (Phi) is 9.98. The van der Waals surface area contributed by atoms with E-state index in [0.29, 0.717) is 59.8 Å². The molecule has 0 bridgehead atoms. The molecule has 0 spiro atoms. The van der Waals surface area contributed by atoms with E-state index in [-0.39, 0.29) is 23.0 Å². The van der Waals surface area contributed by atoms with Gasteiger partial charge in [0.1, 0.15) is 6.10 Å². The zero-order chi connectivity index (χ0) is 32.8. The van der Waals surface area contributed by atoms with E-state index in [1.54, 1.807) is 60.7 Å². The normalized spacial score (nSPS) is 18.5. The lowest BCUT2D eigenvalue weighted by Gasteiger charge is -2.32. The summed E-state index contributed by atoms with van der Waals surface area (Å²) in [7, 11) is 0. The van der Waals surface area contributed by atoms with Crippen molar-refractivity contribution in [2.75, 3.05) is 45.8 Å². The number of nitrogens with one attached hydrogen (secondary N) is 2. The number of hydrogen-bond acceptors (Lipinski definition) is 6. The van der Waals surface area contributed by atoms with Gasteiger partial charge in [-0.15, -0.1) is 5.10 Å². The van der Waals surface area contributed by atoms with Gasteiger partial charge in [0.15, 0.2) is 0 Å². The molecule has 4 heterocycles. The van der Waals surface area contributed by atoms with Crippen LogP contribution in [0.2, 0.25) is 0 Å². The van der Waals surface area contributed by atoms with Gasteiger partial charge in [0.05, 0.1) is 17.3 Å². The van der Waals surface area contributed by atoms with Crippen LogP contribution in [0.1, 0.15) is 36.0 Å². The van der Waals surface area contributed by atoms with Crippen molar-refractivity contribution in [3.8, 4) is 5.88 Å². The second kappa shape index (κ2) is 14.5. The van der Waals surface area contributed by atoms with Crippen molar-refractivity contribution in [3.05, 3.63) is 102 Å². The molecule has 2 fully saturated rings. The third kappa shape index (κ3) is 8.25. The highest BCUT2D eigenvalue weighted by atomic mass is 19.4. The van der Waals surface area contributed by atoms with Gasteiger partial charge in [-0.3, -0.25) is 14.8 Å². The first-order valence-electron chi connectivity index (χ1n) is 15.7. The number of likely N-dealkylation sites (tertiary alicyclic amines) is 1. The van der Waals surface area contributed by atoms with E-state index >= 15 is 0 Å². The Hall–Kier alpha value is -4.55. The largest absolute Gasteiger partial charge is 0.473 e. The molecule has 47 heavy (non-hydrogen) atoms. The number of benzene rings is 2. The van der Waals surface area contributed by atoms with Gasteiger partial charge in [0.2, 0.25) is 17.7 Å². The minimum Gasteiger partial charge on any atom is -0.473 e. The van der Waals surface area contributed by atoms with Crippen LogP contribution in [0.15, 0.2) is 79.0 Å². The van der Waals surface area contributed by atoms with Crippen LogP contribution in [0, 0.1) is 5.95 Å². The zero-order valence-electron chi connectivity index (χ0n) is 25.8. The summed E-state index contributed by atoms with van der Waals surface area (Å²) in [4.78, 5) is 21.0. The van der Waals surface area contributed by atoms with Gasteiger partial charge in [-0.2, -0.15) is 17.6 Å². The van der Waals surface area contributed by atoms with Gasteiger partial charge >= 0.3 is 6.18 Å². The van der Waals surface area contributed by atoms with E-state index in [2.05, 4.69) is 25.4 Å². The first-order valence-corrected chi connectivity index (χ1v) is 15.7. The molecule has 0 saturated carbocycles. The monoisotopic (exact) mass is 648 g/mol. The van der Waals surface area contributed by atoms with Crippen LogP contribution in [-0.2, 0) is 4.79 Å². The first-order chi connectivity index (χ1) is 22.7. The van der Waals surface area contributed by atoms with Gasteiger partial charge in [0.25, 0.3) is 0 Å². The number of carbonyl (C=O) groups excluding carboxylic acids is 1. The van der Waals surface area contributed by atoms with Crippen molar-refractivity contribution < 1.29 is 27.1 Å². The average molecular weight is 649 g/mol. The van der Waals surface area contributed by atoms with Crippen LogP contribution in [0.4, 0.5) is 17.6 Å². The lowest BCUT2D eigenvalue weighted by atomic mass is 9.88. The fraction of sp³-hybridized carbons (Fsp3) is 0.343. The number of halogens is 4. The molecule has 4 aromatic rings.